The Morgan fingerprint density at radius 1 is 1.03 bits per heavy atom. The summed E-state index contributed by atoms with van der Waals surface area (Å²) in [5.74, 6) is 0.821. The number of hydrogen-bond acceptors (Lipinski definition) is 3. The highest BCUT2D eigenvalue weighted by atomic mass is 16.1. The number of guanidine groups is 1. The molecule has 0 radical (unpaired) electrons. The maximum atomic E-state index is 11.8. The molecule has 0 atom stereocenters. The third-order valence-electron chi connectivity index (χ3n) is 4.86. The van der Waals surface area contributed by atoms with E-state index in [-0.39, 0.29) is 5.91 Å². The molecule has 0 saturated heterocycles. The maximum Gasteiger partial charge on any atom is 0.224 e. The second kappa shape index (κ2) is 12.3. The van der Waals surface area contributed by atoms with Crippen LogP contribution in [-0.4, -0.2) is 34.7 Å². The first kappa shape index (κ1) is 23.1. The fourth-order valence-electron chi connectivity index (χ4n) is 3.27. The van der Waals surface area contributed by atoms with Crippen molar-refractivity contribution < 1.29 is 4.79 Å². The summed E-state index contributed by atoms with van der Waals surface area (Å²) in [4.78, 5) is 16.5. The molecule has 1 heterocycles. The van der Waals surface area contributed by atoms with Gasteiger partial charge in [-0.05, 0) is 61.2 Å². The molecule has 3 aromatic rings. The zero-order valence-corrected chi connectivity index (χ0v) is 18.8. The minimum Gasteiger partial charge on any atom is -0.357 e. The summed E-state index contributed by atoms with van der Waals surface area (Å²) in [6.07, 6.45) is 5.97. The third kappa shape index (κ3) is 7.27. The lowest BCUT2D eigenvalue weighted by molar-refractivity contribution is -0.116. The summed E-state index contributed by atoms with van der Waals surface area (Å²) in [7, 11) is 0. The third-order valence-corrected chi connectivity index (χ3v) is 4.86. The molecular weight excluding hydrogens is 400 g/mol. The Morgan fingerprint density at radius 2 is 1.88 bits per heavy atom. The van der Waals surface area contributed by atoms with E-state index in [1.54, 1.807) is 6.20 Å². The molecule has 0 fully saturated rings. The second-order valence-electron chi connectivity index (χ2n) is 7.49. The molecule has 0 aliphatic carbocycles. The highest BCUT2D eigenvalue weighted by Crippen LogP contribution is 2.12. The number of hydrogen-bond donors (Lipinski definition) is 3. The van der Waals surface area contributed by atoms with Crippen LogP contribution in [0.2, 0.25) is 0 Å². The van der Waals surface area contributed by atoms with Crippen molar-refractivity contribution in [3.8, 4) is 5.69 Å². The highest BCUT2D eigenvalue weighted by molar-refractivity contribution is 5.90. The number of anilines is 1. The van der Waals surface area contributed by atoms with Gasteiger partial charge in [-0.3, -0.25) is 4.79 Å². The second-order valence-corrected chi connectivity index (χ2v) is 7.49. The topological polar surface area (TPSA) is 83.3 Å². The zero-order chi connectivity index (χ0) is 22.6. The van der Waals surface area contributed by atoms with E-state index in [0.29, 0.717) is 13.0 Å². The van der Waals surface area contributed by atoms with Gasteiger partial charge in [0.05, 0.1) is 12.2 Å². The lowest BCUT2D eigenvalue weighted by Crippen LogP contribution is -2.38. The monoisotopic (exact) mass is 432 g/mol. The normalized spacial score (nSPS) is 11.2. The minimum atomic E-state index is 0.0424. The van der Waals surface area contributed by atoms with Gasteiger partial charge in [-0.15, -0.1) is 0 Å². The molecular formula is C25H32N6O. The van der Waals surface area contributed by atoms with Gasteiger partial charge in [-0.1, -0.05) is 31.2 Å². The van der Waals surface area contributed by atoms with E-state index < -0.39 is 0 Å². The predicted molar refractivity (Wildman–Crippen MR) is 130 cm³/mol. The quantitative estimate of drug-likeness (QED) is 0.335. The summed E-state index contributed by atoms with van der Waals surface area (Å²) < 4.78 is 1.85. The van der Waals surface area contributed by atoms with Gasteiger partial charge in [0.25, 0.3) is 0 Å². The van der Waals surface area contributed by atoms with E-state index in [0.717, 1.165) is 48.8 Å². The number of nitrogens with zero attached hydrogens (tertiary/aromatic N) is 3. The maximum absolute atomic E-state index is 11.8. The molecule has 1 aromatic heterocycles. The molecule has 2 aromatic carbocycles. The number of benzene rings is 2. The number of rotatable bonds is 10. The number of nitrogens with one attached hydrogen (secondary N) is 3. The Hall–Kier alpha value is -3.61. The smallest absolute Gasteiger partial charge is 0.224 e. The van der Waals surface area contributed by atoms with E-state index in [9.17, 15) is 4.79 Å². The number of carbonyl (C=O) groups excluding carboxylic acids is 1. The predicted octanol–water partition coefficient (Wildman–Crippen LogP) is 3.91. The molecule has 0 spiro atoms. The van der Waals surface area contributed by atoms with Crippen molar-refractivity contribution >= 4 is 17.6 Å². The number of aliphatic imine (C=N–C) groups is 1. The van der Waals surface area contributed by atoms with Crippen LogP contribution in [0.3, 0.4) is 0 Å². The molecule has 3 N–H and O–H groups in total. The summed E-state index contributed by atoms with van der Waals surface area (Å²) >= 11 is 0. The van der Waals surface area contributed by atoms with Gasteiger partial charge >= 0.3 is 0 Å². The Morgan fingerprint density at radius 3 is 2.59 bits per heavy atom. The van der Waals surface area contributed by atoms with Crippen LogP contribution < -0.4 is 16.0 Å². The summed E-state index contributed by atoms with van der Waals surface area (Å²) in [6, 6.07) is 18.2. The Kier molecular flexibility index (Phi) is 8.86. The van der Waals surface area contributed by atoms with Crippen LogP contribution >= 0.6 is 0 Å². The molecule has 7 nitrogen and oxygen atoms in total. The fourth-order valence-corrected chi connectivity index (χ4v) is 3.27. The molecule has 0 saturated carbocycles. The summed E-state index contributed by atoms with van der Waals surface area (Å²) in [5.41, 5.74) is 4.16. The van der Waals surface area contributed by atoms with Gasteiger partial charge in [-0.25, -0.2) is 9.67 Å². The molecule has 1 amide bonds. The van der Waals surface area contributed by atoms with Crippen LogP contribution in [0.5, 0.6) is 0 Å². The average Bonchev–Trinajstić information content (AvgIpc) is 3.33. The van der Waals surface area contributed by atoms with Gasteiger partial charge in [0, 0.05) is 37.6 Å². The van der Waals surface area contributed by atoms with Crippen molar-refractivity contribution in [2.45, 2.75) is 39.7 Å². The SMILES string of the molecule is CCCC(=O)Nc1cccc(CN=C(NCC)NCCc2ccc(-n3cccn3)cc2)c1. The largest absolute Gasteiger partial charge is 0.357 e. The number of amides is 1. The van der Waals surface area contributed by atoms with Crippen molar-refractivity contribution in [3.63, 3.8) is 0 Å². The van der Waals surface area contributed by atoms with Crippen LogP contribution in [0.1, 0.15) is 37.8 Å². The van der Waals surface area contributed by atoms with E-state index >= 15 is 0 Å². The first-order valence-electron chi connectivity index (χ1n) is 11.2. The van der Waals surface area contributed by atoms with Crippen molar-refractivity contribution in [2.24, 2.45) is 4.99 Å². The van der Waals surface area contributed by atoms with Gasteiger partial charge < -0.3 is 16.0 Å². The average molecular weight is 433 g/mol. The van der Waals surface area contributed by atoms with Gasteiger partial charge in [0.15, 0.2) is 5.96 Å². The Bertz CT molecular complexity index is 996. The Balaban J connectivity index is 1.52. The standard InChI is InChI=1S/C25H32N6O/c1-3-7-24(32)30-22-9-5-8-21(18-22)19-28-25(26-4-2)27-16-14-20-10-12-23(13-11-20)31-17-6-15-29-31/h5-6,8-13,15,17-18H,3-4,7,14,16,19H2,1-2H3,(H,30,32)(H2,26,27,28). The van der Waals surface area contributed by atoms with Gasteiger partial charge in [0.2, 0.25) is 5.91 Å². The van der Waals surface area contributed by atoms with Crippen LogP contribution in [0.25, 0.3) is 5.69 Å². The molecule has 32 heavy (non-hydrogen) atoms. The molecule has 0 bridgehead atoms. The van der Waals surface area contributed by atoms with Crippen LogP contribution in [0.4, 0.5) is 5.69 Å². The molecule has 0 unspecified atom stereocenters. The number of aromatic nitrogens is 2. The van der Waals surface area contributed by atoms with Gasteiger partial charge in [-0.2, -0.15) is 5.10 Å². The van der Waals surface area contributed by atoms with Crippen molar-refractivity contribution in [1.82, 2.24) is 20.4 Å². The van der Waals surface area contributed by atoms with Crippen LogP contribution in [-0.2, 0) is 17.8 Å². The molecule has 0 aliphatic heterocycles. The van der Waals surface area contributed by atoms with E-state index in [2.05, 4.69) is 57.2 Å². The van der Waals surface area contributed by atoms with Crippen molar-refractivity contribution in [2.75, 3.05) is 18.4 Å². The zero-order valence-electron chi connectivity index (χ0n) is 18.8. The molecule has 3 rings (SSSR count). The van der Waals surface area contributed by atoms with E-state index in [1.807, 2.05) is 48.1 Å². The molecule has 0 aliphatic rings. The minimum absolute atomic E-state index is 0.0424. The van der Waals surface area contributed by atoms with Crippen molar-refractivity contribution in [1.29, 1.82) is 0 Å². The van der Waals surface area contributed by atoms with Crippen LogP contribution in [0, 0.1) is 0 Å². The van der Waals surface area contributed by atoms with Crippen LogP contribution in [0.15, 0.2) is 72.0 Å². The molecule has 7 heteroatoms. The first-order chi connectivity index (χ1) is 15.7. The summed E-state index contributed by atoms with van der Waals surface area (Å²) in [5, 5.41) is 13.9. The number of carbonyl (C=O) groups is 1. The summed E-state index contributed by atoms with van der Waals surface area (Å²) in [6.45, 7) is 6.15. The van der Waals surface area contributed by atoms with E-state index in [1.165, 1.54) is 5.56 Å². The van der Waals surface area contributed by atoms with Crippen molar-refractivity contribution in [3.05, 3.63) is 78.1 Å². The fraction of sp³-hybridized carbons (Fsp3) is 0.320. The van der Waals surface area contributed by atoms with E-state index in [4.69, 9.17) is 0 Å². The highest BCUT2D eigenvalue weighted by Gasteiger charge is 2.03. The first-order valence-corrected chi connectivity index (χ1v) is 11.2. The van der Waals surface area contributed by atoms with Gasteiger partial charge in [0.1, 0.15) is 0 Å². The lowest BCUT2D eigenvalue weighted by atomic mass is 10.1. The Labute approximate surface area is 190 Å². The molecule has 168 valence electrons. The lowest BCUT2D eigenvalue weighted by Gasteiger charge is -2.12.